The predicted molar refractivity (Wildman–Crippen MR) is 158 cm³/mol. The SMILES string of the molecule is COc1cccc([C@H]2O[C@H](CC(=O)N3CCCC(C(=O)O)C3)C(=O)N3c4c(cc(Cl)cc42)CC[C@H]3C(C)(C)C)c1OC. The van der Waals surface area contributed by atoms with Gasteiger partial charge in [-0.05, 0) is 54.9 Å². The highest BCUT2D eigenvalue weighted by Gasteiger charge is 2.47. The van der Waals surface area contributed by atoms with Gasteiger partial charge in [0.1, 0.15) is 12.2 Å². The fourth-order valence-corrected chi connectivity index (χ4v) is 6.91. The molecule has 4 atom stereocenters. The molecule has 5 rings (SSSR count). The molecule has 2 amide bonds. The summed E-state index contributed by atoms with van der Waals surface area (Å²) in [6.45, 7) is 6.90. The molecule has 1 N–H and O–H groups in total. The van der Waals surface area contributed by atoms with Crippen molar-refractivity contribution >= 4 is 35.1 Å². The molecule has 3 aliphatic heterocycles. The van der Waals surface area contributed by atoms with E-state index in [0.29, 0.717) is 41.5 Å². The van der Waals surface area contributed by atoms with Crippen molar-refractivity contribution in [1.82, 2.24) is 4.90 Å². The van der Waals surface area contributed by atoms with E-state index in [9.17, 15) is 19.5 Å². The molecule has 1 saturated heterocycles. The van der Waals surface area contributed by atoms with Crippen molar-refractivity contribution in [2.24, 2.45) is 11.3 Å². The third-order valence-corrected chi connectivity index (χ3v) is 8.94. The Balaban J connectivity index is 1.64. The van der Waals surface area contributed by atoms with Gasteiger partial charge in [-0.25, -0.2) is 0 Å². The van der Waals surface area contributed by atoms with Crippen molar-refractivity contribution in [2.75, 3.05) is 32.2 Å². The normalized spacial score (nSPS) is 24.1. The highest BCUT2D eigenvalue weighted by molar-refractivity contribution is 6.31. The van der Waals surface area contributed by atoms with Gasteiger partial charge in [-0.2, -0.15) is 0 Å². The van der Waals surface area contributed by atoms with Crippen LogP contribution in [0.3, 0.4) is 0 Å². The number of rotatable bonds is 6. The molecule has 0 aliphatic carbocycles. The Kier molecular flexibility index (Phi) is 8.45. The van der Waals surface area contributed by atoms with E-state index in [1.54, 1.807) is 25.2 Å². The van der Waals surface area contributed by atoms with Gasteiger partial charge < -0.3 is 29.1 Å². The van der Waals surface area contributed by atoms with Gasteiger partial charge in [0.25, 0.3) is 5.91 Å². The summed E-state index contributed by atoms with van der Waals surface area (Å²) < 4.78 is 18.1. The Morgan fingerprint density at radius 2 is 1.88 bits per heavy atom. The first kappa shape index (κ1) is 30.2. The van der Waals surface area contributed by atoms with Crippen LogP contribution in [-0.2, 0) is 25.5 Å². The zero-order chi connectivity index (χ0) is 30.3. The number of hydrogen-bond donors (Lipinski definition) is 1. The van der Waals surface area contributed by atoms with Gasteiger partial charge in [0.15, 0.2) is 11.5 Å². The van der Waals surface area contributed by atoms with Gasteiger partial charge in [-0.3, -0.25) is 14.4 Å². The second-order valence-electron chi connectivity index (χ2n) is 12.4. The maximum Gasteiger partial charge on any atom is 0.308 e. The molecule has 226 valence electrons. The quantitative estimate of drug-likeness (QED) is 0.484. The molecule has 10 heteroatoms. The van der Waals surface area contributed by atoms with Gasteiger partial charge >= 0.3 is 5.97 Å². The molecule has 2 aromatic carbocycles. The summed E-state index contributed by atoms with van der Waals surface area (Å²) in [6, 6.07) is 9.09. The predicted octanol–water partition coefficient (Wildman–Crippen LogP) is 5.25. The second kappa shape index (κ2) is 11.8. The minimum absolute atomic E-state index is 0.122. The largest absolute Gasteiger partial charge is 0.493 e. The van der Waals surface area contributed by atoms with Crippen molar-refractivity contribution in [2.45, 2.75) is 71.1 Å². The van der Waals surface area contributed by atoms with E-state index < -0.39 is 24.1 Å². The van der Waals surface area contributed by atoms with Crippen molar-refractivity contribution in [1.29, 1.82) is 0 Å². The van der Waals surface area contributed by atoms with Crippen molar-refractivity contribution < 1.29 is 33.7 Å². The number of carbonyl (C=O) groups excluding carboxylic acids is 2. The standard InChI is InChI=1S/C32H39ClN2O7/c1-32(2,3)25-12-11-18-14-20(33)15-22-27(18)35(25)30(37)24(16-26(36)34-13-7-8-19(17-34)31(38)39)42-28(22)21-9-6-10-23(40-4)29(21)41-5/h6,9-10,14-15,19,24-25,28H,7-8,11-13,16-17H2,1-5H3,(H,38,39)/t19?,24-,25+,28-/m1/s1. The summed E-state index contributed by atoms with van der Waals surface area (Å²) in [5.74, 6) is -1.15. The van der Waals surface area contributed by atoms with Gasteiger partial charge in [0.2, 0.25) is 5.91 Å². The van der Waals surface area contributed by atoms with Crippen LogP contribution in [0.15, 0.2) is 30.3 Å². The number of amides is 2. The Labute approximate surface area is 251 Å². The number of carboxylic acids is 1. The molecule has 9 nitrogen and oxygen atoms in total. The lowest BCUT2D eigenvalue weighted by atomic mass is 9.78. The zero-order valence-electron chi connectivity index (χ0n) is 24.8. The van der Waals surface area contributed by atoms with E-state index >= 15 is 0 Å². The summed E-state index contributed by atoms with van der Waals surface area (Å²) in [4.78, 5) is 43.3. The fourth-order valence-electron chi connectivity index (χ4n) is 6.66. The molecule has 1 fully saturated rings. The monoisotopic (exact) mass is 598 g/mol. The van der Waals surface area contributed by atoms with E-state index in [4.69, 9.17) is 25.8 Å². The van der Waals surface area contributed by atoms with Crippen LogP contribution in [-0.4, -0.2) is 67.2 Å². The number of methoxy groups -OCH3 is 2. The number of benzene rings is 2. The van der Waals surface area contributed by atoms with Crippen LogP contribution in [0.1, 0.15) is 69.2 Å². The third kappa shape index (κ3) is 5.56. The first-order valence-electron chi connectivity index (χ1n) is 14.5. The summed E-state index contributed by atoms with van der Waals surface area (Å²) in [5, 5.41) is 10.1. The molecule has 2 aromatic rings. The fraction of sp³-hybridized carbons (Fsp3) is 0.531. The molecule has 1 unspecified atom stereocenters. The number of aryl methyl sites for hydroxylation is 1. The van der Waals surface area contributed by atoms with Crippen LogP contribution in [0.2, 0.25) is 5.02 Å². The maximum absolute atomic E-state index is 14.6. The number of aliphatic carboxylic acids is 1. The van der Waals surface area contributed by atoms with Crippen molar-refractivity contribution in [3.05, 3.63) is 52.0 Å². The molecule has 0 bridgehead atoms. The molecule has 42 heavy (non-hydrogen) atoms. The van der Waals surface area contributed by atoms with Gasteiger partial charge in [-0.1, -0.05) is 44.5 Å². The van der Waals surface area contributed by atoms with E-state index in [0.717, 1.165) is 29.7 Å². The van der Waals surface area contributed by atoms with Crippen molar-refractivity contribution in [3.8, 4) is 11.5 Å². The molecule has 0 radical (unpaired) electrons. The molecule has 0 saturated carbocycles. The van der Waals surface area contributed by atoms with Gasteiger partial charge in [-0.15, -0.1) is 0 Å². The van der Waals surface area contributed by atoms with Crippen LogP contribution in [0, 0.1) is 11.3 Å². The summed E-state index contributed by atoms with van der Waals surface area (Å²) >= 11 is 6.67. The topological polar surface area (TPSA) is 106 Å². The van der Waals surface area contributed by atoms with Gasteiger partial charge in [0.05, 0.1) is 32.2 Å². The molecule has 0 spiro atoms. The smallest absolute Gasteiger partial charge is 0.308 e. The molecular weight excluding hydrogens is 560 g/mol. The number of carboxylic acid groups (broad SMARTS) is 1. The zero-order valence-corrected chi connectivity index (χ0v) is 25.6. The minimum atomic E-state index is -1.12. The summed E-state index contributed by atoms with van der Waals surface area (Å²) in [5.41, 5.74) is 2.84. The molecular formula is C32H39ClN2O7. The van der Waals surface area contributed by atoms with E-state index in [-0.39, 0.29) is 36.2 Å². The Morgan fingerprint density at radius 3 is 2.55 bits per heavy atom. The number of piperidine rings is 1. The van der Waals surface area contributed by atoms with Crippen LogP contribution >= 0.6 is 11.6 Å². The number of hydrogen-bond acceptors (Lipinski definition) is 6. The first-order chi connectivity index (χ1) is 19.9. The van der Waals surface area contributed by atoms with E-state index in [2.05, 4.69) is 20.8 Å². The number of halogens is 1. The summed E-state index contributed by atoms with van der Waals surface area (Å²) in [6.07, 6.45) is 0.476. The van der Waals surface area contributed by atoms with Crippen molar-refractivity contribution in [3.63, 3.8) is 0 Å². The Hall–Kier alpha value is -3.30. The van der Waals surface area contributed by atoms with Crippen LogP contribution in [0.5, 0.6) is 11.5 Å². The number of carbonyl (C=O) groups is 3. The number of anilines is 1. The van der Waals surface area contributed by atoms with E-state index in [1.165, 1.54) is 0 Å². The van der Waals surface area contributed by atoms with Crippen LogP contribution < -0.4 is 14.4 Å². The average molecular weight is 599 g/mol. The second-order valence-corrected chi connectivity index (χ2v) is 12.9. The lowest BCUT2D eigenvalue weighted by Crippen LogP contribution is -2.54. The van der Waals surface area contributed by atoms with Crippen LogP contribution in [0.4, 0.5) is 5.69 Å². The Morgan fingerprint density at radius 1 is 1.12 bits per heavy atom. The number of para-hydroxylation sites is 1. The number of likely N-dealkylation sites (tertiary alicyclic amines) is 1. The number of ether oxygens (including phenoxy) is 3. The highest BCUT2D eigenvalue weighted by atomic mass is 35.5. The van der Waals surface area contributed by atoms with Crippen LogP contribution in [0.25, 0.3) is 0 Å². The van der Waals surface area contributed by atoms with Gasteiger partial charge in [0, 0.05) is 35.3 Å². The number of nitrogens with zero attached hydrogens (tertiary/aromatic N) is 2. The highest BCUT2D eigenvalue weighted by Crippen LogP contribution is 2.50. The lowest BCUT2D eigenvalue weighted by molar-refractivity contribution is -0.149. The molecule has 0 aromatic heterocycles. The first-order valence-corrected chi connectivity index (χ1v) is 14.8. The molecule has 3 heterocycles. The van der Waals surface area contributed by atoms with E-state index in [1.807, 2.05) is 29.2 Å². The lowest BCUT2D eigenvalue weighted by Gasteiger charge is -2.45. The Bertz CT molecular complexity index is 1390. The summed E-state index contributed by atoms with van der Waals surface area (Å²) in [7, 11) is 3.11. The third-order valence-electron chi connectivity index (χ3n) is 8.72. The minimum Gasteiger partial charge on any atom is -0.493 e. The molecule has 3 aliphatic rings. The maximum atomic E-state index is 14.6. The average Bonchev–Trinajstić information content (AvgIpc) is 3.07.